The standard InChI is InChI=1S/C23H22N4O3/c24-23(29)27-19-9-4-18(5-10-19)15-26-22(28)13-8-17-6-11-21(12-7-17)30-16-20-3-1-2-14-25-20/h1-14H,15-16H2,(H,26,28)(H3,24,27,29)/b13-8+. The first-order chi connectivity index (χ1) is 14.6. The number of primary amides is 1. The van der Waals surface area contributed by atoms with E-state index >= 15 is 0 Å². The predicted molar refractivity (Wildman–Crippen MR) is 116 cm³/mol. The Balaban J connectivity index is 1.44. The first-order valence-electron chi connectivity index (χ1n) is 9.32. The maximum Gasteiger partial charge on any atom is 0.316 e. The summed E-state index contributed by atoms with van der Waals surface area (Å²) in [7, 11) is 0. The highest BCUT2D eigenvalue weighted by Crippen LogP contribution is 2.14. The molecule has 0 radical (unpaired) electrons. The van der Waals surface area contributed by atoms with E-state index in [2.05, 4.69) is 15.6 Å². The Bertz CT molecular complexity index is 1000. The van der Waals surface area contributed by atoms with E-state index in [0.717, 1.165) is 22.6 Å². The molecule has 1 heterocycles. The minimum Gasteiger partial charge on any atom is -0.487 e. The average molecular weight is 402 g/mol. The monoisotopic (exact) mass is 402 g/mol. The highest BCUT2D eigenvalue weighted by atomic mass is 16.5. The van der Waals surface area contributed by atoms with Gasteiger partial charge in [0.25, 0.3) is 0 Å². The smallest absolute Gasteiger partial charge is 0.316 e. The third kappa shape index (κ3) is 6.79. The second-order valence-corrected chi connectivity index (χ2v) is 6.42. The number of pyridine rings is 1. The molecular formula is C23H22N4O3. The van der Waals surface area contributed by atoms with Crippen LogP contribution in [-0.2, 0) is 17.9 Å². The third-order valence-corrected chi connectivity index (χ3v) is 4.11. The van der Waals surface area contributed by atoms with Gasteiger partial charge in [-0.2, -0.15) is 0 Å². The number of rotatable bonds is 8. The molecule has 0 aliphatic carbocycles. The number of carbonyl (C=O) groups excluding carboxylic acids is 2. The van der Waals surface area contributed by atoms with Gasteiger partial charge >= 0.3 is 6.03 Å². The van der Waals surface area contributed by atoms with Crippen molar-refractivity contribution in [1.82, 2.24) is 10.3 Å². The highest BCUT2D eigenvalue weighted by Gasteiger charge is 2.00. The highest BCUT2D eigenvalue weighted by molar-refractivity contribution is 5.91. The number of nitrogens with zero attached hydrogens (tertiary/aromatic N) is 1. The van der Waals surface area contributed by atoms with Crippen LogP contribution in [0, 0.1) is 0 Å². The minimum absolute atomic E-state index is 0.204. The lowest BCUT2D eigenvalue weighted by molar-refractivity contribution is -0.116. The number of anilines is 1. The second-order valence-electron chi connectivity index (χ2n) is 6.42. The number of ether oxygens (including phenoxy) is 1. The molecule has 7 heteroatoms. The number of carbonyl (C=O) groups is 2. The molecule has 3 rings (SSSR count). The van der Waals surface area contributed by atoms with Crippen molar-refractivity contribution in [3.8, 4) is 5.75 Å². The van der Waals surface area contributed by atoms with E-state index in [0.29, 0.717) is 18.8 Å². The van der Waals surface area contributed by atoms with Crippen LogP contribution in [-0.4, -0.2) is 16.9 Å². The number of hydrogen-bond donors (Lipinski definition) is 3. The van der Waals surface area contributed by atoms with Gasteiger partial charge in [-0.1, -0.05) is 30.3 Å². The van der Waals surface area contributed by atoms with Gasteiger partial charge in [0.1, 0.15) is 12.4 Å². The number of benzene rings is 2. The van der Waals surface area contributed by atoms with Crippen LogP contribution in [0.4, 0.5) is 10.5 Å². The molecule has 4 N–H and O–H groups in total. The summed E-state index contributed by atoms with van der Waals surface area (Å²) in [5.41, 5.74) is 8.32. The minimum atomic E-state index is -0.617. The van der Waals surface area contributed by atoms with Gasteiger partial charge in [-0.05, 0) is 53.6 Å². The van der Waals surface area contributed by atoms with Crippen molar-refractivity contribution in [1.29, 1.82) is 0 Å². The molecule has 2 aromatic carbocycles. The van der Waals surface area contributed by atoms with E-state index in [9.17, 15) is 9.59 Å². The second kappa shape index (κ2) is 10.4. The molecule has 7 nitrogen and oxygen atoms in total. The molecule has 0 aliphatic heterocycles. The molecular weight excluding hydrogens is 380 g/mol. The van der Waals surface area contributed by atoms with Crippen LogP contribution in [0.1, 0.15) is 16.8 Å². The van der Waals surface area contributed by atoms with Gasteiger partial charge in [0, 0.05) is 24.5 Å². The fourth-order valence-electron chi connectivity index (χ4n) is 2.58. The summed E-state index contributed by atoms with van der Waals surface area (Å²) in [5.74, 6) is 0.529. The topological polar surface area (TPSA) is 106 Å². The first-order valence-corrected chi connectivity index (χ1v) is 9.32. The zero-order valence-electron chi connectivity index (χ0n) is 16.2. The Labute approximate surface area is 174 Å². The summed E-state index contributed by atoms with van der Waals surface area (Å²) in [6.45, 7) is 0.776. The molecule has 0 spiro atoms. The van der Waals surface area contributed by atoms with Crippen molar-refractivity contribution in [2.24, 2.45) is 5.73 Å². The fourth-order valence-corrected chi connectivity index (χ4v) is 2.58. The average Bonchev–Trinajstić information content (AvgIpc) is 2.77. The molecule has 0 saturated heterocycles. The first kappa shape index (κ1) is 20.6. The number of aromatic nitrogens is 1. The molecule has 152 valence electrons. The van der Waals surface area contributed by atoms with Gasteiger partial charge in [-0.3, -0.25) is 9.78 Å². The van der Waals surface area contributed by atoms with E-state index in [1.54, 1.807) is 36.5 Å². The van der Waals surface area contributed by atoms with Crippen molar-refractivity contribution in [2.45, 2.75) is 13.2 Å². The molecule has 0 fully saturated rings. The molecule has 30 heavy (non-hydrogen) atoms. The van der Waals surface area contributed by atoms with Crippen LogP contribution < -0.4 is 21.1 Å². The van der Waals surface area contributed by atoms with Gasteiger partial charge in [0.2, 0.25) is 5.91 Å². The van der Waals surface area contributed by atoms with E-state index in [1.165, 1.54) is 6.08 Å². The largest absolute Gasteiger partial charge is 0.487 e. The fraction of sp³-hybridized carbons (Fsp3) is 0.0870. The third-order valence-electron chi connectivity index (χ3n) is 4.11. The van der Waals surface area contributed by atoms with E-state index in [1.807, 2.05) is 42.5 Å². The van der Waals surface area contributed by atoms with Crippen LogP contribution in [0.3, 0.4) is 0 Å². The molecule has 3 aromatic rings. The van der Waals surface area contributed by atoms with Crippen LogP contribution in [0.25, 0.3) is 6.08 Å². The summed E-state index contributed by atoms with van der Waals surface area (Å²) in [4.78, 5) is 27.0. The molecule has 3 amide bonds. The maximum absolute atomic E-state index is 12.0. The molecule has 0 bridgehead atoms. The van der Waals surface area contributed by atoms with Crippen molar-refractivity contribution in [3.05, 3.63) is 95.8 Å². The number of urea groups is 1. The molecule has 0 saturated carbocycles. The van der Waals surface area contributed by atoms with E-state index in [4.69, 9.17) is 10.5 Å². The Morgan fingerprint density at radius 1 is 1.00 bits per heavy atom. The number of nitrogens with two attached hydrogens (primary N) is 1. The van der Waals surface area contributed by atoms with Gasteiger partial charge in [-0.25, -0.2) is 4.79 Å². The lowest BCUT2D eigenvalue weighted by Gasteiger charge is -2.06. The lowest BCUT2D eigenvalue weighted by atomic mass is 10.2. The normalized spacial score (nSPS) is 10.5. The van der Waals surface area contributed by atoms with Crippen molar-refractivity contribution in [3.63, 3.8) is 0 Å². The summed E-state index contributed by atoms with van der Waals surface area (Å²) in [6.07, 6.45) is 4.94. The SMILES string of the molecule is NC(=O)Nc1ccc(CNC(=O)/C=C/c2ccc(OCc3ccccn3)cc2)cc1. The molecule has 0 atom stereocenters. The van der Waals surface area contributed by atoms with Gasteiger partial charge < -0.3 is 21.1 Å². The summed E-state index contributed by atoms with van der Waals surface area (Å²) >= 11 is 0. The number of amides is 3. The zero-order chi connectivity index (χ0) is 21.2. The summed E-state index contributed by atoms with van der Waals surface area (Å²) in [6, 6.07) is 19.6. The Morgan fingerprint density at radius 2 is 1.77 bits per heavy atom. The van der Waals surface area contributed by atoms with Crippen molar-refractivity contribution in [2.75, 3.05) is 5.32 Å². The summed E-state index contributed by atoms with van der Waals surface area (Å²) < 4.78 is 5.69. The Morgan fingerprint density at radius 3 is 2.43 bits per heavy atom. The lowest BCUT2D eigenvalue weighted by Crippen LogP contribution is -2.20. The molecule has 0 unspecified atom stereocenters. The van der Waals surface area contributed by atoms with Crippen LogP contribution >= 0.6 is 0 Å². The molecule has 0 aliphatic rings. The van der Waals surface area contributed by atoms with Gasteiger partial charge in [0.05, 0.1) is 5.69 Å². The maximum atomic E-state index is 12.0. The quantitative estimate of drug-likeness (QED) is 0.502. The van der Waals surface area contributed by atoms with Gasteiger partial charge in [0.15, 0.2) is 0 Å². The Hall–Kier alpha value is -4.13. The van der Waals surface area contributed by atoms with E-state index < -0.39 is 6.03 Å². The van der Waals surface area contributed by atoms with Crippen LogP contribution in [0.5, 0.6) is 5.75 Å². The number of hydrogen-bond acceptors (Lipinski definition) is 4. The van der Waals surface area contributed by atoms with Crippen LogP contribution in [0.15, 0.2) is 79.0 Å². The van der Waals surface area contributed by atoms with E-state index in [-0.39, 0.29) is 5.91 Å². The Kier molecular flexibility index (Phi) is 7.16. The van der Waals surface area contributed by atoms with Crippen LogP contribution in [0.2, 0.25) is 0 Å². The van der Waals surface area contributed by atoms with Gasteiger partial charge in [-0.15, -0.1) is 0 Å². The van der Waals surface area contributed by atoms with Crippen molar-refractivity contribution >= 4 is 23.7 Å². The summed E-state index contributed by atoms with van der Waals surface area (Å²) in [5, 5.41) is 5.29. The molecule has 1 aromatic heterocycles. The van der Waals surface area contributed by atoms with Crippen molar-refractivity contribution < 1.29 is 14.3 Å². The zero-order valence-corrected chi connectivity index (χ0v) is 16.2. The predicted octanol–water partition coefficient (Wildman–Crippen LogP) is 3.48. The number of nitrogens with one attached hydrogen (secondary N) is 2.